The van der Waals surface area contributed by atoms with Crippen molar-refractivity contribution in [3.63, 3.8) is 0 Å². The summed E-state index contributed by atoms with van der Waals surface area (Å²) in [5.74, 6) is 0.355. The minimum Gasteiger partial charge on any atom is -0.483 e. The van der Waals surface area contributed by atoms with Crippen LogP contribution in [0.2, 0.25) is 0 Å². The lowest BCUT2D eigenvalue weighted by atomic mass is 9.87. The van der Waals surface area contributed by atoms with Crippen LogP contribution in [0.3, 0.4) is 0 Å². The predicted octanol–water partition coefficient (Wildman–Crippen LogP) is 6.45. The van der Waals surface area contributed by atoms with E-state index < -0.39 is 23.8 Å². The first-order valence-corrected chi connectivity index (χ1v) is 11.9. The highest BCUT2D eigenvalue weighted by atomic mass is 16.6. The maximum absolute atomic E-state index is 12.8. The van der Waals surface area contributed by atoms with Gasteiger partial charge >= 0.3 is 5.97 Å². The molecule has 1 aromatic heterocycles. The highest BCUT2D eigenvalue weighted by molar-refractivity contribution is 5.86. The summed E-state index contributed by atoms with van der Waals surface area (Å²) in [7, 11) is 0. The molecule has 0 saturated heterocycles. The van der Waals surface area contributed by atoms with E-state index in [9.17, 15) is 4.79 Å². The zero-order chi connectivity index (χ0) is 24.1. The number of nitrogens with one attached hydrogen (secondary N) is 1. The molecule has 0 saturated carbocycles. The standard InChI is InChI=1S/C28H33NO5/c1-5-6-15-32-25-22-17-21(29-18-20-11-9-19(2)10-12-20)13-14-23(22)34-28(3,4)26(25)33-27(30)24-8-7-16-31-24/h7-14,16-17,25-26,29H,5-6,15,18H2,1-4H3. The number of hydrogen-bond acceptors (Lipinski definition) is 6. The molecule has 2 atom stereocenters. The topological polar surface area (TPSA) is 69.9 Å². The van der Waals surface area contributed by atoms with Crippen LogP contribution in [0.15, 0.2) is 65.3 Å². The van der Waals surface area contributed by atoms with Crippen LogP contribution in [-0.4, -0.2) is 24.3 Å². The average Bonchev–Trinajstić information content (AvgIpc) is 3.36. The van der Waals surface area contributed by atoms with Crippen molar-refractivity contribution < 1.29 is 23.4 Å². The molecule has 0 fully saturated rings. The number of anilines is 1. The molecule has 2 aromatic carbocycles. The first-order chi connectivity index (χ1) is 16.4. The zero-order valence-electron chi connectivity index (χ0n) is 20.3. The lowest BCUT2D eigenvalue weighted by Gasteiger charge is -2.43. The van der Waals surface area contributed by atoms with Gasteiger partial charge in [0.05, 0.1) is 6.26 Å². The summed E-state index contributed by atoms with van der Waals surface area (Å²) in [5, 5.41) is 3.48. The molecule has 34 heavy (non-hydrogen) atoms. The first-order valence-electron chi connectivity index (χ1n) is 11.9. The first kappa shape index (κ1) is 23.9. The van der Waals surface area contributed by atoms with Gasteiger partial charge < -0.3 is 23.9 Å². The minimum atomic E-state index is -0.789. The Balaban J connectivity index is 1.60. The minimum absolute atomic E-state index is 0.155. The van der Waals surface area contributed by atoms with Crippen LogP contribution in [0.4, 0.5) is 5.69 Å². The second-order valence-electron chi connectivity index (χ2n) is 9.25. The third kappa shape index (κ3) is 5.45. The molecule has 0 bridgehead atoms. The lowest BCUT2D eigenvalue weighted by Crippen LogP contribution is -2.51. The Labute approximate surface area is 201 Å². The molecular weight excluding hydrogens is 430 g/mol. The summed E-state index contributed by atoms with van der Waals surface area (Å²) in [5.41, 5.74) is 3.45. The van der Waals surface area contributed by atoms with Crippen molar-refractivity contribution in [2.75, 3.05) is 11.9 Å². The Morgan fingerprint density at radius 3 is 2.62 bits per heavy atom. The van der Waals surface area contributed by atoms with Gasteiger partial charge in [-0.3, -0.25) is 0 Å². The fourth-order valence-electron chi connectivity index (χ4n) is 4.06. The third-order valence-electron chi connectivity index (χ3n) is 6.02. The molecular formula is C28H33NO5. The maximum Gasteiger partial charge on any atom is 0.374 e. The van der Waals surface area contributed by atoms with Crippen molar-refractivity contribution in [2.45, 2.75) is 64.9 Å². The molecule has 0 aliphatic carbocycles. The van der Waals surface area contributed by atoms with Crippen LogP contribution in [0.5, 0.6) is 5.75 Å². The van der Waals surface area contributed by atoms with E-state index in [1.54, 1.807) is 12.1 Å². The van der Waals surface area contributed by atoms with E-state index in [2.05, 4.69) is 43.4 Å². The summed E-state index contributed by atoms with van der Waals surface area (Å²) in [6.45, 7) is 9.28. The van der Waals surface area contributed by atoms with Crippen molar-refractivity contribution in [3.05, 3.63) is 83.3 Å². The Morgan fingerprint density at radius 2 is 1.91 bits per heavy atom. The van der Waals surface area contributed by atoms with Crippen molar-refractivity contribution >= 4 is 11.7 Å². The van der Waals surface area contributed by atoms with Gasteiger partial charge in [0.1, 0.15) is 17.5 Å². The number of carbonyl (C=O) groups excluding carboxylic acids is 1. The highest BCUT2D eigenvalue weighted by Gasteiger charge is 2.47. The van der Waals surface area contributed by atoms with Crippen LogP contribution < -0.4 is 10.1 Å². The number of hydrogen-bond donors (Lipinski definition) is 1. The van der Waals surface area contributed by atoms with Gasteiger partial charge in [-0.25, -0.2) is 4.79 Å². The maximum atomic E-state index is 12.8. The summed E-state index contributed by atoms with van der Waals surface area (Å²) >= 11 is 0. The van der Waals surface area contributed by atoms with Crippen LogP contribution >= 0.6 is 0 Å². The highest BCUT2D eigenvalue weighted by Crippen LogP contribution is 2.44. The van der Waals surface area contributed by atoms with E-state index in [1.165, 1.54) is 17.4 Å². The Morgan fingerprint density at radius 1 is 1.12 bits per heavy atom. The van der Waals surface area contributed by atoms with Crippen molar-refractivity contribution in [3.8, 4) is 5.75 Å². The number of rotatable bonds is 9. The van der Waals surface area contributed by atoms with E-state index in [1.807, 2.05) is 32.0 Å². The van der Waals surface area contributed by atoms with Gasteiger partial charge in [0.2, 0.25) is 5.76 Å². The molecule has 180 valence electrons. The Kier molecular flexibility index (Phi) is 7.27. The van der Waals surface area contributed by atoms with Crippen LogP contribution in [0.25, 0.3) is 0 Å². The molecule has 0 amide bonds. The molecule has 0 spiro atoms. The summed E-state index contributed by atoms with van der Waals surface area (Å²) in [6.07, 6.45) is 2.26. The molecule has 1 aliphatic rings. The average molecular weight is 464 g/mol. The summed E-state index contributed by atoms with van der Waals surface area (Å²) in [6, 6.07) is 17.7. The molecule has 3 aromatic rings. The molecule has 1 aliphatic heterocycles. The number of ether oxygens (including phenoxy) is 3. The lowest BCUT2D eigenvalue weighted by molar-refractivity contribution is -0.140. The summed E-state index contributed by atoms with van der Waals surface area (Å²) in [4.78, 5) is 12.8. The SMILES string of the molecule is CCCCOC1c2cc(NCc3ccc(C)cc3)ccc2OC(C)(C)C1OC(=O)c1ccco1. The van der Waals surface area contributed by atoms with Crippen molar-refractivity contribution in [1.82, 2.24) is 0 Å². The number of aryl methyl sites for hydroxylation is 1. The molecule has 4 rings (SSSR count). The van der Waals surface area contributed by atoms with E-state index in [-0.39, 0.29) is 5.76 Å². The normalized spacial score (nSPS) is 18.6. The van der Waals surface area contributed by atoms with Crippen LogP contribution in [0.1, 0.15) is 67.0 Å². The van der Waals surface area contributed by atoms with E-state index in [0.29, 0.717) is 13.2 Å². The smallest absolute Gasteiger partial charge is 0.374 e. The fraction of sp³-hybridized carbons (Fsp3) is 0.393. The van der Waals surface area contributed by atoms with Gasteiger partial charge in [0.15, 0.2) is 6.10 Å². The number of benzene rings is 2. The fourth-order valence-corrected chi connectivity index (χ4v) is 4.06. The van der Waals surface area contributed by atoms with Crippen LogP contribution in [0, 0.1) is 6.92 Å². The molecule has 6 heteroatoms. The van der Waals surface area contributed by atoms with Gasteiger partial charge in [0.25, 0.3) is 0 Å². The second kappa shape index (κ2) is 10.3. The van der Waals surface area contributed by atoms with Crippen LogP contribution in [-0.2, 0) is 16.0 Å². The Hall–Kier alpha value is -3.25. The quantitative estimate of drug-likeness (QED) is 0.290. The predicted molar refractivity (Wildman–Crippen MR) is 131 cm³/mol. The second-order valence-corrected chi connectivity index (χ2v) is 9.25. The molecule has 1 N–H and O–H groups in total. The number of unbranched alkanes of at least 4 members (excludes halogenated alkanes) is 1. The van der Waals surface area contributed by atoms with Gasteiger partial charge in [0, 0.05) is 24.4 Å². The van der Waals surface area contributed by atoms with Crippen molar-refractivity contribution in [1.29, 1.82) is 0 Å². The van der Waals surface area contributed by atoms with Gasteiger partial charge in [-0.15, -0.1) is 0 Å². The van der Waals surface area contributed by atoms with E-state index >= 15 is 0 Å². The molecule has 6 nitrogen and oxygen atoms in total. The van der Waals surface area contributed by atoms with Gasteiger partial charge in [-0.2, -0.15) is 0 Å². The van der Waals surface area contributed by atoms with Crippen molar-refractivity contribution in [2.24, 2.45) is 0 Å². The molecule has 0 radical (unpaired) electrons. The Bertz CT molecular complexity index is 1090. The molecule has 2 unspecified atom stereocenters. The molecule has 2 heterocycles. The van der Waals surface area contributed by atoms with Gasteiger partial charge in [-0.05, 0) is 63.1 Å². The summed E-state index contributed by atoms with van der Waals surface area (Å²) < 4.78 is 23.8. The van der Waals surface area contributed by atoms with E-state index in [0.717, 1.165) is 29.8 Å². The largest absolute Gasteiger partial charge is 0.483 e. The number of esters is 1. The van der Waals surface area contributed by atoms with E-state index in [4.69, 9.17) is 18.6 Å². The number of carbonyl (C=O) groups is 1. The monoisotopic (exact) mass is 463 g/mol. The third-order valence-corrected chi connectivity index (χ3v) is 6.02. The number of furan rings is 1. The number of fused-ring (bicyclic) bond motifs is 1. The van der Waals surface area contributed by atoms with Gasteiger partial charge in [-0.1, -0.05) is 43.2 Å². The zero-order valence-corrected chi connectivity index (χ0v) is 20.3.